The van der Waals surface area contributed by atoms with Gasteiger partial charge < -0.3 is 4.74 Å². The molecule has 0 amide bonds. The van der Waals surface area contributed by atoms with Crippen LogP contribution in [-0.2, 0) is 0 Å². The van der Waals surface area contributed by atoms with Crippen molar-refractivity contribution in [1.82, 2.24) is 4.98 Å². The van der Waals surface area contributed by atoms with Crippen molar-refractivity contribution < 1.29 is 4.74 Å². The van der Waals surface area contributed by atoms with Crippen LogP contribution < -0.4 is 4.74 Å². The van der Waals surface area contributed by atoms with Crippen LogP contribution in [0.3, 0.4) is 0 Å². The molecule has 96 valence electrons. The molecule has 0 N–H and O–H groups in total. The molecule has 0 saturated carbocycles. The zero-order chi connectivity index (χ0) is 13.4. The number of rotatable bonds is 2. The highest BCUT2D eigenvalue weighted by Gasteiger charge is 2.15. The van der Waals surface area contributed by atoms with Crippen LogP contribution in [0.4, 0.5) is 0 Å². The van der Waals surface area contributed by atoms with Crippen LogP contribution in [0.15, 0.2) is 6.07 Å². The Hall–Kier alpha value is -1.35. The van der Waals surface area contributed by atoms with Gasteiger partial charge in [-0.15, -0.1) is 11.3 Å². The maximum absolute atomic E-state index is 5.41. The van der Waals surface area contributed by atoms with Crippen molar-refractivity contribution in [1.29, 1.82) is 0 Å². The molecular formula is C15H19NOS. The highest BCUT2D eigenvalue weighted by Crippen LogP contribution is 2.37. The first-order valence-electron chi connectivity index (χ1n) is 6.05. The van der Waals surface area contributed by atoms with Crippen LogP contribution in [0.25, 0.3) is 10.6 Å². The Labute approximate surface area is 113 Å². The highest BCUT2D eigenvalue weighted by molar-refractivity contribution is 7.15. The molecule has 18 heavy (non-hydrogen) atoms. The highest BCUT2D eigenvalue weighted by atomic mass is 32.1. The van der Waals surface area contributed by atoms with Gasteiger partial charge in [-0.1, -0.05) is 0 Å². The lowest BCUT2D eigenvalue weighted by Gasteiger charge is -2.14. The van der Waals surface area contributed by atoms with E-state index in [0.29, 0.717) is 0 Å². The Morgan fingerprint density at radius 3 is 2.22 bits per heavy atom. The van der Waals surface area contributed by atoms with Gasteiger partial charge in [0.25, 0.3) is 0 Å². The molecule has 1 aromatic heterocycles. The summed E-state index contributed by atoms with van der Waals surface area (Å²) >= 11 is 1.77. The van der Waals surface area contributed by atoms with Gasteiger partial charge in [-0.2, -0.15) is 0 Å². The standard InChI is InChI=1S/C15H19NOS/c1-8-7-13(17-6)9(2)10(3)14(8)15-16-11(4)12(5)18-15/h7H,1-6H3. The molecule has 0 aliphatic heterocycles. The Morgan fingerprint density at radius 1 is 1.06 bits per heavy atom. The van der Waals surface area contributed by atoms with Gasteiger partial charge >= 0.3 is 0 Å². The minimum Gasteiger partial charge on any atom is -0.496 e. The zero-order valence-electron chi connectivity index (χ0n) is 11.8. The summed E-state index contributed by atoms with van der Waals surface area (Å²) in [6, 6.07) is 2.10. The lowest BCUT2D eigenvalue weighted by atomic mass is 9.98. The van der Waals surface area contributed by atoms with Crippen LogP contribution in [-0.4, -0.2) is 12.1 Å². The van der Waals surface area contributed by atoms with Crippen molar-refractivity contribution in [2.75, 3.05) is 7.11 Å². The van der Waals surface area contributed by atoms with E-state index in [9.17, 15) is 0 Å². The molecule has 0 bridgehead atoms. The second-order valence-corrected chi connectivity index (χ2v) is 5.88. The molecule has 2 rings (SSSR count). The normalized spacial score (nSPS) is 10.8. The second-order valence-electron chi connectivity index (χ2n) is 4.68. The Balaban J connectivity index is 2.68. The minimum atomic E-state index is 0.957. The molecule has 3 heteroatoms. The number of benzene rings is 1. The van der Waals surface area contributed by atoms with E-state index in [0.717, 1.165) is 16.5 Å². The molecule has 0 aliphatic rings. The Bertz CT molecular complexity index is 580. The van der Waals surface area contributed by atoms with Gasteiger partial charge in [0.1, 0.15) is 10.8 Å². The van der Waals surface area contributed by atoms with Crippen molar-refractivity contribution in [3.8, 4) is 16.3 Å². The van der Waals surface area contributed by atoms with Crippen LogP contribution in [0.2, 0.25) is 0 Å². The summed E-state index contributed by atoms with van der Waals surface area (Å²) in [4.78, 5) is 5.97. The maximum atomic E-state index is 5.41. The van der Waals surface area contributed by atoms with Crippen LogP contribution >= 0.6 is 11.3 Å². The smallest absolute Gasteiger partial charge is 0.124 e. The first-order chi connectivity index (χ1) is 8.45. The number of hydrogen-bond donors (Lipinski definition) is 0. The van der Waals surface area contributed by atoms with Gasteiger partial charge in [-0.25, -0.2) is 4.98 Å². The molecule has 0 aliphatic carbocycles. The van der Waals surface area contributed by atoms with E-state index >= 15 is 0 Å². The predicted octanol–water partition coefficient (Wildman–Crippen LogP) is 4.36. The van der Waals surface area contributed by atoms with Crippen molar-refractivity contribution in [2.24, 2.45) is 0 Å². The van der Waals surface area contributed by atoms with E-state index in [1.807, 2.05) is 0 Å². The summed E-state index contributed by atoms with van der Waals surface area (Å²) in [6.45, 7) is 10.6. The van der Waals surface area contributed by atoms with Gasteiger partial charge in [-0.05, 0) is 57.4 Å². The maximum Gasteiger partial charge on any atom is 0.124 e. The van der Waals surface area contributed by atoms with E-state index in [2.05, 4.69) is 45.7 Å². The number of thiazole rings is 1. The topological polar surface area (TPSA) is 22.1 Å². The molecule has 0 atom stereocenters. The molecule has 2 aromatic rings. The van der Waals surface area contributed by atoms with Gasteiger partial charge in [0.2, 0.25) is 0 Å². The molecule has 0 saturated heterocycles. The number of nitrogens with zero attached hydrogens (tertiary/aromatic N) is 1. The largest absolute Gasteiger partial charge is 0.496 e. The molecular weight excluding hydrogens is 242 g/mol. The third-order valence-corrected chi connectivity index (χ3v) is 4.60. The fraction of sp³-hybridized carbons (Fsp3) is 0.400. The number of methoxy groups -OCH3 is 1. The third-order valence-electron chi connectivity index (χ3n) is 3.51. The summed E-state index contributed by atoms with van der Waals surface area (Å²) < 4.78 is 5.41. The Morgan fingerprint density at radius 2 is 1.72 bits per heavy atom. The van der Waals surface area contributed by atoms with Crippen molar-refractivity contribution in [2.45, 2.75) is 34.6 Å². The average Bonchev–Trinajstić information content (AvgIpc) is 2.64. The summed E-state index contributed by atoms with van der Waals surface area (Å²) in [5, 5.41) is 1.12. The Kier molecular flexibility index (Phi) is 3.44. The lowest BCUT2D eigenvalue weighted by Crippen LogP contribution is -1.96. The predicted molar refractivity (Wildman–Crippen MR) is 77.8 cm³/mol. The van der Waals surface area contributed by atoms with Crippen molar-refractivity contribution in [3.05, 3.63) is 33.3 Å². The first kappa shape index (κ1) is 13.1. The molecule has 1 heterocycles. The second kappa shape index (κ2) is 4.73. The van der Waals surface area contributed by atoms with Gasteiger partial charge in [0, 0.05) is 10.4 Å². The fourth-order valence-corrected chi connectivity index (χ4v) is 3.25. The molecule has 0 radical (unpaired) electrons. The fourth-order valence-electron chi connectivity index (χ4n) is 2.17. The van der Waals surface area contributed by atoms with Crippen LogP contribution in [0, 0.1) is 34.6 Å². The summed E-state index contributed by atoms with van der Waals surface area (Å²) in [5.41, 5.74) is 6.07. The van der Waals surface area contributed by atoms with Crippen molar-refractivity contribution in [3.63, 3.8) is 0 Å². The quantitative estimate of drug-likeness (QED) is 0.801. The number of hydrogen-bond acceptors (Lipinski definition) is 3. The van der Waals surface area contributed by atoms with Crippen LogP contribution in [0.1, 0.15) is 27.3 Å². The number of aromatic nitrogens is 1. The third kappa shape index (κ3) is 2.03. The number of aryl methyl sites for hydroxylation is 3. The molecule has 2 nitrogen and oxygen atoms in total. The monoisotopic (exact) mass is 261 g/mol. The molecule has 0 unspecified atom stereocenters. The summed E-state index contributed by atoms with van der Waals surface area (Å²) in [7, 11) is 1.72. The average molecular weight is 261 g/mol. The van der Waals surface area contributed by atoms with E-state index in [1.54, 1.807) is 18.4 Å². The molecule has 0 spiro atoms. The van der Waals surface area contributed by atoms with E-state index in [4.69, 9.17) is 4.74 Å². The van der Waals surface area contributed by atoms with Gasteiger partial charge in [0.15, 0.2) is 0 Å². The van der Waals surface area contributed by atoms with E-state index < -0.39 is 0 Å². The van der Waals surface area contributed by atoms with Gasteiger partial charge in [0.05, 0.1) is 12.8 Å². The lowest BCUT2D eigenvalue weighted by molar-refractivity contribution is 0.411. The van der Waals surface area contributed by atoms with Crippen molar-refractivity contribution >= 4 is 11.3 Å². The minimum absolute atomic E-state index is 0.957. The van der Waals surface area contributed by atoms with E-state index in [-0.39, 0.29) is 0 Å². The summed E-state index contributed by atoms with van der Waals surface area (Å²) in [5.74, 6) is 0.957. The SMILES string of the molecule is COc1cc(C)c(-c2nc(C)c(C)s2)c(C)c1C. The first-order valence-corrected chi connectivity index (χ1v) is 6.86. The van der Waals surface area contributed by atoms with Gasteiger partial charge in [-0.3, -0.25) is 0 Å². The summed E-state index contributed by atoms with van der Waals surface area (Å²) in [6.07, 6.45) is 0. The molecule has 0 fully saturated rings. The molecule has 1 aromatic carbocycles. The zero-order valence-corrected chi connectivity index (χ0v) is 12.7. The van der Waals surface area contributed by atoms with Crippen LogP contribution in [0.5, 0.6) is 5.75 Å². The van der Waals surface area contributed by atoms with E-state index in [1.165, 1.54) is 27.1 Å². The number of ether oxygens (including phenoxy) is 1.